The van der Waals surface area contributed by atoms with Gasteiger partial charge in [-0.1, -0.05) is 65.4 Å². The van der Waals surface area contributed by atoms with E-state index < -0.39 is 0 Å². The van der Waals surface area contributed by atoms with Crippen molar-refractivity contribution in [1.29, 1.82) is 0 Å². The third kappa shape index (κ3) is 3.69. The molecule has 5 nitrogen and oxygen atoms in total. The van der Waals surface area contributed by atoms with Crippen LogP contribution < -0.4 is 24.4 Å². The summed E-state index contributed by atoms with van der Waals surface area (Å²) in [7, 11) is 3.24. The van der Waals surface area contributed by atoms with Crippen LogP contribution in [-0.2, 0) is 6.42 Å². The highest BCUT2D eigenvalue weighted by molar-refractivity contribution is 7.07. The number of allylic oxidation sites excluding steroid dienone is 1. The van der Waals surface area contributed by atoms with E-state index in [9.17, 15) is 4.79 Å². The molecule has 36 heavy (non-hydrogen) atoms. The fourth-order valence-electron chi connectivity index (χ4n) is 5.15. The third-order valence-electron chi connectivity index (χ3n) is 6.99. The zero-order chi connectivity index (χ0) is 24.8. The highest BCUT2D eigenvalue weighted by Gasteiger charge is 2.32. The molecule has 0 fully saturated rings. The maximum absolute atomic E-state index is 13.9. The van der Waals surface area contributed by atoms with Gasteiger partial charge in [-0.05, 0) is 54.7 Å². The van der Waals surface area contributed by atoms with Crippen molar-refractivity contribution in [3.05, 3.63) is 120 Å². The van der Waals surface area contributed by atoms with Gasteiger partial charge in [0.2, 0.25) is 0 Å². The summed E-state index contributed by atoms with van der Waals surface area (Å²) in [6, 6.07) is 22.4. The van der Waals surface area contributed by atoms with Crippen molar-refractivity contribution in [2.24, 2.45) is 4.99 Å². The second-order valence-electron chi connectivity index (χ2n) is 9.13. The molecule has 0 N–H and O–H groups in total. The number of aromatic nitrogens is 1. The molecule has 180 valence electrons. The van der Waals surface area contributed by atoms with E-state index in [-0.39, 0.29) is 11.6 Å². The first-order valence-corrected chi connectivity index (χ1v) is 12.8. The van der Waals surface area contributed by atoms with Crippen LogP contribution >= 0.6 is 11.3 Å². The van der Waals surface area contributed by atoms with E-state index >= 15 is 0 Å². The molecule has 0 saturated heterocycles. The second-order valence-corrected chi connectivity index (χ2v) is 10.1. The molecule has 6 rings (SSSR count). The van der Waals surface area contributed by atoms with Gasteiger partial charge in [-0.25, -0.2) is 4.99 Å². The maximum atomic E-state index is 13.9. The Morgan fingerprint density at radius 1 is 1.00 bits per heavy atom. The molecule has 0 saturated carbocycles. The molecule has 1 aliphatic heterocycles. The maximum Gasteiger partial charge on any atom is 0.271 e. The number of methoxy groups -OCH3 is 2. The molecule has 1 aliphatic carbocycles. The van der Waals surface area contributed by atoms with Crippen LogP contribution in [0.4, 0.5) is 0 Å². The lowest BCUT2D eigenvalue weighted by molar-refractivity contribution is 0.393. The van der Waals surface area contributed by atoms with E-state index in [1.54, 1.807) is 14.2 Å². The molecule has 1 atom stereocenters. The van der Waals surface area contributed by atoms with Crippen molar-refractivity contribution in [1.82, 2.24) is 4.57 Å². The van der Waals surface area contributed by atoms with E-state index in [1.807, 2.05) is 28.8 Å². The van der Waals surface area contributed by atoms with E-state index in [0.717, 1.165) is 34.5 Å². The first kappa shape index (κ1) is 22.6. The Hall–Kier alpha value is -3.90. The molecule has 1 unspecified atom stereocenters. The Morgan fingerprint density at radius 3 is 2.58 bits per heavy atom. The van der Waals surface area contributed by atoms with Crippen LogP contribution in [-0.4, -0.2) is 18.8 Å². The zero-order valence-electron chi connectivity index (χ0n) is 20.4. The molecule has 0 amide bonds. The minimum atomic E-state index is -0.176. The smallest absolute Gasteiger partial charge is 0.271 e. The Balaban J connectivity index is 1.60. The number of nitrogens with zero attached hydrogens (tertiary/aromatic N) is 2. The van der Waals surface area contributed by atoms with Gasteiger partial charge in [0.25, 0.3) is 5.56 Å². The first-order chi connectivity index (χ1) is 17.6. The van der Waals surface area contributed by atoms with Crippen LogP contribution in [0.5, 0.6) is 11.5 Å². The molecule has 6 heteroatoms. The van der Waals surface area contributed by atoms with E-state index in [1.165, 1.54) is 33.6 Å². The van der Waals surface area contributed by atoms with Gasteiger partial charge < -0.3 is 9.47 Å². The number of thiazole rings is 1. The fourth-order valence-corrected chi connectivity index (χ4v) is 6.14. The summed E-state index contributed by atoms with van der Waals surface area (Å²) in [5.41, 5.74) is 7.79. The minimum absolute atomic E-state index is 0.0346. The molecular weight excluding hydrogens is 468 g/mol. The fraction of sp³-hybridized carbons (Fsp3) is 0.200. The van der Waals surface area contributed by atoms with Crippen molar-refractivity contribution in [3.63, 3.8) is 0 Å². The molecule has 4 aromatic rings. The Kier molecular flexibility index (Phi) is 5.61. The molecule has 0 bridgehead atoms. The van der Waals surface area contributed by atoms with Crippen LogP contribution in [0.25, 0.3) is 11.8 Å². The van der Waals surface area contributed by atoms with Crippen molar-refractivity contribution in [2.75, 3.05) is 14.2 Å². The van der Waals surface area contributed by atoms with Gasteiger partial charge in [0.1, 0.15) is 11.5 Å². The number of rotatable bonds is 4. The number of ether oxygens (including phenoxy) is 2. The monoisotopic (exact) mass is 494 g/mol. The molecule has 0 spiro atoms. The second kappa shape index (κ2) is 8.95. The van der Waals surface area contributed by atoms with Crippen LogP contribution in [0.3, 0.4) is 0 Å². The number of hydrogen-bond donors (Lipinski definition) is 0. The van der Waals surface area contributed by atoms with Gasteiger partial charge >= 0.3 is 0 Å². The third-order valence-corrected chi connectivity index (χ3v) is 7.98. The summed E-state index contributed by atoms with van der Waals surface area (Å²) in [5, 5.41) is 0. The topological polar surface area (TPSA) is 52.8 Å². The van der Waals surface area contributed by atoms with Gasteiger partial charge in [-0.2, -0.15) is 0 Å². The highest BCUT2D eigenvalue weighted by Crippen LogP contribution is 2.41. The lowest BCUT2D eigenvalue weighted by atomic mass is 9.83. The average molecular weight is 495 g/mol. The summed E-state index contributed by atoms with van der Waals surface area (Å²) in [5.74, 6) is 1.36. The van der Waals surface area contributed by atoms with Gasteiger partial charge in [0.05, 0.1) is 30.5 Å². The number of aryl methyl sites for hydroxylation is 2. The van der Waals surface area contributed by atoms with Crippen LogP contribution in [0.2, 0.25) is 0 Å². The normalized spacial score (nSPS) is 16.6. The van der Waals surface area contributed by atoms with Crippen molar-refractivity contribution < 1.29 is 9.47 Å². The molecule has 0 radical (unpaired) electrons. The number of fused-ring (bicyclic) bond motifs is 3. The van der Waals surface area contributed by atoms with Gasteiger partial charge in [0.15, 0.2) is 4.80 Å². The van der Waals surface area contributed by atoms with Gasteiger partial charge in [0, 0.05) is 17.2 Å². The van der Waals surface area contributed by atoms with Gasteiger partial charge in [-0.3, -0.25) is 9.36 Å². The predicted octanol–water partition coefficient (Wildman–Crippen LogP) is 4.64. The van der Waals surface area contributed by atoms with Crippen LogP contribution in [0.1, 0.15) is 40.3 Å². The predicted molar refractivity (Wildman–Crippen MR) is 143 cm³/mol. The molecular formula is C30H26N2O3S. The highest BCUT2D eigenvalue weighted by atomic mass is 32.1. The quantitative estimate of drug-likeness (QED) is 0.415. The van der Waals surface area contributed by atoms with Crippen molar-refractivity contribution >= 4 is 23.1 Å². The summed E-state index contributed by atoms with van der Waals surface area (Å²) < 4.78 is 13.4. The summed E-state index contributed by atoms with van der Waals surface area (Å²) in [6.45, 7) is 2.08. The standard InChI is InChI=1S/C30H26N2O3S/c1-18-8-10-20(11-9-18)28-24-15-13-19-6-4-5-7-23(19)27(24)31-30-32(28)29(33)26(36-30)16-21-12-14-22(34-2)17-25(21)35-3/h4-12,14,16-17,28H,13,15H2,1-3H3. The minimum Gasteiger partial charge on any atom is -0.497 e. The first-order valence-electron chi connectivity index (χ1n) is 12.0. The number of benzene rings is 3. The molecule has 1 aromatic heterocycles. The Labute approximate surface area is 213 Å². The summed E-state index contributed by atoms with van der Waals surface area (Å²) >= 11 is 1.43. The molecule has 3 aromatic carbocycles. The Morgan fingerprint density at radius 2 is 1.81 bits per heavy atom. The van der Waals surface area contributed by atoms with Crippen LogP contribution in [0, 0.1) is 6.92 Å². The number of hydrogen-bond acceptors (Lipinski definition) is 5. The molecule has 2 aliphatic rings. The Bertz CT molecular complexity index is 1690. The van der Waals surface area contributed by atoms with E-state index in [2.05, 4.69) is 55.5 Å². The van der Waals surface area contributed by atoms with Crippen molar-refractivity contribution in [3.8, 4) is 11.5 Å². The lowest BCUT2D eigenvalue weighted by Gasteiger charge is -2.30. The largest absolute Gasteiger partial charge is 0.497 e. The van der Waals surface area contributed by atoms with E-state index in [4.69, 9.17) is 14.5 Å². The zero-order valence-corrected chi connectivity index (χ0v) is 21.3. The van der Waals surface area contributed by atoms with Crippen molar-refractivity contribution in [2.45, 2.75) is 25.8 Å². The lowest BCUT2D eigenvalue weighted by Crippen LogP contribution is -2.38. The summed E-state index contributed by atoms with van der Waals surface area (Å²) in [4.78, 5) is 19.7. The average Bonchev–Trinajstić information content (AvgIpc) is 3.22. The SMILES string of the molecule is COc1ccc(C=c2sc3n(c2=O)C(c2ccc(C)cc2)C2=C(N=3)c3ccccc3CC2)c(OC)c1. The summed E-state index contributed by atoms with van der Waals surface area (Å²) in [6.07, 6.45) is 3.72. The van der Waals surface area contributed by atoms with E-state index in [0.29, 0.717) is 16.0 Å². The van der Waals surface area contributed by atoms with Crippen LogP contribution in [0.15, 0.2) is 82.1 Å². The van der Waals surface area contributed by atoms with Gasteiger partial charge in [-0.15, -0.1) is 0 Å². The molecule has 2 heterocycles.